The first-order valence-electron chi connectivity index (χ1n) is 13.3. The highest BCUT2D eigenvalue weighted by Crippen LogP contribution is 2.34. The second-order valence-electron chi connectivity index (χ2n) is 10.5. The topological polar surface area (TPSA) is 147 Å². The quantitative estimate of drug-likeness (QED) is 0.192. The standard InChI is InChI=1S/C28H31F3N6O5/c1-36(2)15-18-5-9-23(10-6-18)37-16-25(42-35-37)34-27(41)33-22-13-20(28(29,30)31)12-21(14-22)32-24(38)11-17-3-7-19(8-4-17)26(39)40/h3-4,7-8,12-14,16,18,23H,5-6,9-11,15H2,1-2H3,(H3-,32,33,34,35,38,39,40,41). The minimum atomic E-state index is -4.77. The van der Waals surface area contributed by atoms with Crippen LogP contribution in [0.25, 0.3) is 0 Å². The highest BCUT2D eigenvalue weighted by Gasteiger charge is 2.32. The van der Waals surface area contributed by atoms with Crippen LogP contribution in [0.3, 0.4) is 0 Å². The molecule has 1 aliphatic carbocycles. The fourth-order valence-corrected chi connectivity index (χ4v) is 4.90. The van der Waals surface area contributed by atoms with E-state index in [-0.39, 0.29) is 35.3 Å². The van der Waals surface area contributed by atoms with Gasteiger partial charge in [0.1, 0.15) is 0 Å². The van der Waals surface area contributed by atoms with E-state index >= 15 is 0 Å². The van der Waals surface area contributed by atoms with Crippen LogP contribution in [0.4, 0.5) is 35.2 Å². The van der Waals surface area contributed by atoms with Gasteiger partial charge in [-0.2, -0.15) is 13.2 Å². The molecule has 11 nitrogen and oxygen atoms in total. The molecule has 0 bridgehead atoms. The van der Waals surface area contributed by atoms with Crippen LogP contribution in [0.5, 0.6) is 0 Å². The SMILES string of the molecule is CN(C)CC1CCC([n+]2cc(NC(=O)Nc3cc(N=C([O-])Cc4ccc(C(=O)O)cc4)cc(C(F)(F)F)c3)on2)CC1. The third kappa shape index (κ3) is 8.52. The Hall–Kier alpha value is -4.46. The van der Waals surface area contributed by atoms with Crippen LogP contribution in [-0.4, -0.2) is 53.8 Å². The summed E-state index contributed by atoms with van der Waals surface area (Å²) >= 11 is 0. The fourth-order valence-electron chi connectivity index (χ4n) is 4.90. The van der Waals surface area contributed by atoms with Crippen LogP contribution in [-0.2, 0) is 12.6 Å². The van der Waals surface area contributed by atoms with E-state index in [9.17, 15) is 27.9 Å². The highest BCUT2D eigenvalue weighted by atomic mass is 19.4. The number of urea groups is 1. The van der Waals surface area contributed by atoms with Crippen molar-refractivity contribution < 1.29 is 42.2 Å². The molecule has 1 aliphatic rings. The lowest BCUT2D eigenvalue weighted by Gasteiger charge is -2.26. The summed E-state index contributed by atoms with van der Waals surface area (Å²) < 4.78 is 47.5. The van der Waals surface area contributed by atoms with Gasteiger partial charge in [-0.1, -0.05) is 12.1 Å². The minimum absolute atomic E-state index is 0.0175. The number of aromatic nitrogens is 2. The van der Waals surface area contributed by atoms with Crippen molar-refractivity contribution in [2.45, 2.75) is 44.3 Å². The number of rotatable bonds is 9. The summed E-state index contributed by atoms with van der Waals surface area (Å²) in [6.45, 7) is 1.02. The van der Waals surface area contributed by atoms with Gasteiger partial charge in [0, 0.05) is 31.5 Å². The third-order valence-electron chi connectivity index (χ3n) is 6.85. The zero-order valence-corrected chi connectivity index (χ0v) is 23.0. The molecule has 224 valence electrons. The van der Waals surface area contributed by atoms with E-state index in [0.29, 0.717) is 17.5 Å². The average Bonchev–Trinajstić information content (AvgIpc) is 3.36. The predicted octanol–water partition coefficient (Wildman–Crippen LogP) is 4.25. The number of hydrogen-bond donors (Lipinski definition) is 3. The molecule has 0 radical (unpaired) electrons. The van der Waals surface area contributed by atoms with Gasteiger partial charge in [0.2, 0.25) is 5.27 Å². The largest absolute Gasteiger partial charge is 0.861 e. The number of carboxylic acid groups (broad SMARTS) is 1. The molecule has 0 aliphatic heterocycles. The maximum Gasteiger partial charge on any atom is 0.416 e. The maximum atomic E-state index is 13.6. The molecule has 1 heterocycles. The summed E-state index contributed by atoms with van der Waals surface area (Å²) in [4.78, 5) is 29.5. The Balaban J connectivity index is 1.41. The third-order valence-corrected chi connectivity index (χ3v) is 6.85. The minimum Gasteiger partial charge on any atom is -0.861 e. The van der Waals surface area contributed by atoms with Crippen LogP contribution in [0.15, 0.2) is 58.2 Å². The molecular weight excluding hydrogens is 557 g/mol. The number of amides is 2. The van der Waals surface area contributed by atoms with Crippen molar-refractivity contribution in [3.8, 4) is 0 Å². The normalized spacial score (nSPS) is 17.7. The Morgan fingerprint density at radius 3 is 2.43 bits per heavy atom. The zero-order chi connectivity index (χ0) is 30.4. The Bertz CT molecular complexity index is 1430. The van der Waals surface area contributed by atoms with Crippen molar-refractivity contribution in [2.75, 3.05) is 31.3 Å². The van der Waals surface area contributed by atoms with E-state index < -0.39 is 29.6 Å². The Labute approximate surface area is 239 Å². The van der Waals surface area contributed by atoms with Crippen LogP contribution in [0.1, 0.15) is 53.2 Å². The number of carboxylic acids is 1. The molecule has 1 fully saturated rings. The predicted molar refractivity (Wildman–Crippen MR) is 145 cm³/mol. The zero-order valence-electron chi connectivity index (χ0n) is 23.0. The average molecular weight is 589 g/mol. The van der Waals surface area contributed by atoms with E-state index in [0.717, 1.165) is 44.4 Å². The summed E-state index contributed by atoms with van der Waals surface area (Å²) in [5, 5.41) is 30.1. The molecule has 3 N–H and O–H groups in total. The fraction of sp³-hybridized carbons (Fsp3) is 0.393. The number of halogens is 3. The molecule has 0 unspecified atom stereocenters. The molecule has 1 saturated carbocycles. The van der Waals surface area contributed by atoms with Crippen LogP contribution in [0, 0.1) is 5.92 Å². The number of nitrogens with zero attached hydrogens (tertiary/aromatic N) is 4. The van der Waals surface area contributed by atoms with E-state index in [1.807, 2.05) is 14.1 Å². The molecule has 2 amide bonds. The van der Waals surface area contributed by atoms with E-state index in [1.54, 1.807) is 4.68 Å². The van der Waals surface area contributed by atoms with Crippen molar-refractivity contribution in [2.24, 2.45) is 10.9 Å². The van der Waals surface area contributed by atoms with Crippen molar-refractivity contribution in [3.05, 3.63) is 65.4 Å². The second kappa shape index (κ2) is 13.0. The molecule has 2 aromatic carbocycles. The lowest BCUT2D eigenvalue weighted by molar-refractivity contribution is -0.787. The van der Waals surface area contributed by atoms with Crippen molar-refractivity contribution >= 4 is 35.2 Å². The van der Waals surface area contributed by atoms with Gasteiger partial charge in [0.15, 0.2) is 6.04 Å². The van der Waals surface area contributed by atoms with Gasteiger partial charge >= 0.3 is 24.1 Å². The summed E-state index contributed by atoms with van der Waals surface area (Å²) in [7, 11) is 4.09. The number of anilines is 2. The number of benzene rings is 2. The van der Waals surface area contributed by atoms with E-state index in [1.165, 1.54) is 30.5 Å². The monoisotopic (exact) mass is 588 g/mol. The molecule has 3 aromatic rings. The second-order valence-corrected chi connectivity index (χ2v) is 10.5. The van der Waals surface area contributed by atoms with Gasteiger partial charge in [0.25, 0.3) is 6.20 Å². The van der Waals surface area contributed by atoms with E-state index in [4.69, 9.17) is 9.63 Å². The van der Waals surface area contributed by atoms with Crippen LogP contribution in [0.2, 0.25) is 0 Å². The number of nitrogens with one attached hydrogen (secondary N) is 2. The van der Waals surface area contributed by atoms with Crippen molar-refractivity contribution in [1.82, 2.24) is 10.2 Å². The summed E-state index contributed by atoms with van der Waals surface area (Å²) in [6.07, 6.45) is 0.390. The number of alkyl halides is 3. The summed E-state index contributed by atoms with van der Waals surface area (Å²) in [5.41, 5.74) is -1.21. The van der Waals surface area contributed by atoms with Gasteiger partial charge < -0.3 is 20.4 Å². The molecule has 0 atom stereocenters. The Morgan fingerprint density at radius 2 is 1.81 bits per heavy atom. The maximum absolute atomic E-state index is 13.6. The molecule has 4 rings (SSSR count). The molecule has 1 aromatic heterocycles. The lowest BCUT2D eigenvalue weighted by Crippen LogP contribution is -2.43. The first-order valence-corrected chi connectivity index (χ1v) is 13.3. The summed E-state index contributed by atoms with van der Waals surface area (Å²) in [5.74, 6) is -1.26. The smallest absolute Gasteiger partial charge is 0.416 e. The molecular formula is C28H31F3N6O5. The van der Waals surface area contributed by atoms with Crippen molar-refractivity contribution in [3.63, 3.8) is 0 Å². The Morgan fingerprint density at radius 1 is 1.12 bits per heavy atom. The van der Waals surface area contributed by atoms with Gasteiger partial charge in [-0.3, -0.25) is 14.8 Å². The van der Waals surface area contributed by atoms with Gasteiger partial charge in [-0.15, -0.1) is 0 Å². The van der Waals surface area contributed by atoms with Gasteiger partial charge in [0.05, 0.1) is 16.8 Å². The number of carbonyl (C=O) groups is 2. The number of aromatic carboxylic acids is 1. The lowest BCUT2D eigenvalue weighted by atomic mass is 9.86. The van der Waals surface area contributed by atoms with Crippen molar-refractivity contribution in [1.29, 1.82) is 0 Å². The van der Waals surface area contributed by atoms with Crippen LogP contribution >= 0.6 is 0 Å². The molecule has 0 spiro atoms. The first-order chi connectivity index (χ1) is 19.9. The van der Waals surface area contributed by atoms with Gasteiger partial charge in [-0.25, -0.2) is 9.59 Å². The number of hydrogen-bond acceptors (Lipinski definition) is 7. The Kier molecular flexibility index (Phi) is 9.45. The first kappa shape index (κ1) is 30.5. The number of carbonyl (C=O) groups excluding carboxylic acids is 1. The number of aliphatic imine (C=N–C) groups is 1. The van der Waals surface area contributed by atoms with Crippen LogP contribution < -0.4 is 20.4 Å². The van der Waals surface area contributed by atoms with E-state index in [2.05, 4.69) is 25.8 Å². The van der Waals surface area contributed by atoms with Gasteiger partial charge in [-0.05, 0) is 79.3 Å². The highest BCUT2D eigenvalue weighted by molar-refractivity contribution is 5.99. The molecule has 42 heavy (non-hydrogen) atoms. The summed E-state index contributed by atoms with van der Waals surface area (Å²) in [6, 6.07) is 7.25. The molecule has 14 heteroatoms. The molecule has 0 saturated heterocycles.